The van der Waals surface area contributed by atoms with Gasteiger partial charge >= 0.3 is 33.0 Å². The van der Waals surface area contributed by atoms with E-state index in [1.807, 2.05) is 147 Å². The fourth-order valence-corrected chi connectivity index (χ4v) is 13.8. The number of esters is 1. The van der Waals surface area contributed by atoms with Crippen molar-refractivity contribution in [1.29, 1.82) is 5.26 Å². The summed E-state index contributed by atoms with van der Waals surface area (Å²) in [5.41, 5.74) is 12.2. The topological polar surface area (TPSA) is 199 Å². The molecule has 0 spiro atoms. The van der Waals surface area contributed by atoms with Crippen LogP contribution in [0.4, 0.5) is 5.69 Å². The van der Waals surface area contributed by atoms with E-state index in [1.54, 1.807) is 0 Å². The Bertz CT molecular complexity index is 3730. The molecule has 2 saturated carbocycles. The minimum absolute atomic E-state index is 0.0405. The predicted molar refractivity (Wildman–Crippen MR) is 342 cm³/mol. The van der Waals surface area contributed by atoms with Gasteiger partial charge in [-0.3, -0.25) is 14.8 Å². The number of aliphatic carboxylic acids is 1. The van der Waals surface area contributed by atoms with E-state index in [1.165, 1.54) is 0 Å². The van der Waals surface area contributed by atoms with Crippen molar-refractivity contribution in [2.24, 2.45) is 45.5 Å². The van der Waals surface area contributed by atoms with Crippen LogP contribution in [0.2, 0.25) is 0 Å². The van der Waals surface area contributed by atoms with Crippen molar-refractivity contribution in [1.82, 2.24) is 9.97 Å². The molecular weight excluding hydrogens is 1180 g/mol. The number of hydrogen-bond acceptors (Lipinski definition) is 13. The Morgan fingerprint density at radius 3 is 1.68 bits per heavy atom. The first-order chi connectivity index (χ1) is 42.6. The first-order valence-electron chi connectivity index (χ1n) is 29.1. The van der Waals surface area contributed by atoms with E-state index in [0.717, 1.165) is 112 Å². The van der Waals surface area contributed by atoms with Crippen molar-refractivity contribution in [2.45, 2.75) is 103 Å². The summed E-state index contributed by atoms with van der Waals surface area (Å²) < 4.78 is 19.6. The van der Waals surface area contributed by atoms with Crippen LogP contribution >= 0.6 is 23.8 Å². The molecule has 6 aromatic rings. The number of nitrogens with zero attached hydrogens (tertiary/aromatic N) is 6. The number of allylic oxidation sites excluding steroid dienone is 2. The van der Waals surface area contributed by atoms with Crippen molar-refractivity contribution >= 4 is 76.2 Å². The first-order valence-corrected chi connectivity index (χ1v) is 31.4. The van der Waals surface area contributed by atoms with Gasteiger partial charge in [0, 0.05) is 34.5 Å². The number of carbonyl (C=O) groups excluding carboxylic acids is 1. The van der Waals surface area contributed by atoms with Crippen LogP contribution in [0.25, 0.3) is 50.4 Å². The number of thioether (sulfide) groups is 1. The van der Waals surface area contributed by atoms with Crippen molar-refractivity contribution < 1.29 is 59.5 Å². The summed E-state index contributed by atoms with van der Waals surface area (Å²) in [6, 6.07) is 41.2. The molecule has 4 aliphatic rings. The zero-order valence-electron chi connectivity index (χ0n) is 50.5. The van der Waals surface area contributed by atoms with Gasteiger partial charge in [-0.1, -0.05) is 186 Å². The van der Waals surface area contributed by atoms with Crippen molar-refractivity contribution in [3.63, 3.8) is 0 Å². The number of ether oxygens (including phenoxy) is 1. The summed E-state index contributed by atoms with van der Waals surface area (Å²) in [7, 11) is 0. The fraction of sp³-hybridized carbons (Fsp3) is 0.314. The van der Waals surface area contributed by atoms with Crippen LogP contribution in [-0.2, 0) is 54.4 Å². The van der Waals surface area contributed by atoms with E-state index >= 15 is 0 Å². The molecule has 18 heteroatoms. The van der Waals surface area contributed by atoms with E-state index in [2.05, 4.69) is 59.0 Å². The van der Waals surface area contributed by atoms with E-state index in [-0.39, 0.29) is 42.4 Å². The van der Waals surface area contributed by atoms with Crippen LogP contribution in [0, 0.1) is 53.4 Å². The zero-order chi connectivity index (χ0) is 63.0. The molecule has 0 bridgehead atoms. The molecule has 451 valence electrons. The number of benzene rings is 4. The van der Waals surface area contributed by atoms with Crippen LogP contribution < -0.4 is 9.97 Å². The Morgan fingerprint density at radius 1 is 0.705 bits per heavy atom. The summed E-state index contributed by atoms with van der Waals surface area (Å²) in [6.45, 7) is 28.8. The second-order valence-corrected chi connectivity index (χ2v) is 24.3. The van der Waals surface area contributed by atoms with E-state index in [9.17, 15) is 20.0 Å². The average molecular weight is 1250 g/mol. The van der Waals surface area contributed by atoms with Crippen molar-refractivity contribution in [3.05, 3.63) is 196 Å². The molecule has 1 N–H and O–H groups in total. The monoisotopic (exact) mass is 1250 g/mol. The van der Waals surface area contributed by atoms with Gasteiger partial charge in [-0.15, -0.1) is 27.5 Å². The van der Waals surface area contributed by atoms with Crippen molar-refractivity contribution in [2.75, 3.05) is 12.4 Å². The number of carboxylic acids is 1. The molecular formula is C70H70N6O9S2V. The number of hydrogen-bond donors (Lipinski definition) is 1. The first kappa shape index (κ1) is 66.1. The maximum absolute atomic E-state index is 13.9. The Hall–Kier alpha value is -7.84. The molecule has 0 radical (unpaired) electrons. The van der Waals surface area contributed by atoms with Gasteiger partial charge in [-0.2, -0.15) is 5.26 Å². The van der Waals surface area contributed by atoms with Crippen LogP contribution in [-0.4, -0.2) is 53.0 Å². The molecule has 2 aliphatic heterocycles. The molecule has 4 atom stereocenters. The summed E-state index contributed by atoms with van der Waals surface area (Å²) in [5.74, 6) is 1.13. The van der Waals surface area contributed by atoms with Crippen molar-refractivity contribution in [3.8, 4) is 28.3 Å². The Balaban J connectivity index is 0.000000222. The van der Waals surface area contributed by atoms with E-state index in [0.29, 0.717) is 95.7 Å². The predicted octanol–water partition coefficient (Wildman–Crippen LogP) is 16.4. The van der Waals surface area contributed by atoms with Crippen LogP contribution in [0.15, 0.2) is 177 Å². The van der Waals surface area contributed by atoms with E-state index in [4.69, 9.17) is 53.9 Å². The molecule has 0 saturated heterocycles. The van der Waals surface area contributed by atoms with Crippen LogP contribution in [0.1, 0.15) is 109 Å². The summed E-state index contributed by atoms with van der Waals surface area (Å²) >= 11 is 2.94. The second-order valence-electron chi connectivity index (χ2n) is 22.7. The molecule has 4 heterocycles. The Labute approximate surface area is 533 Å². The van der Waals surface area contributed by atoms with Gasteiger partial charge in [0.1, 0.15) is 19.0 Å². The molecule has 2 aromatic heterocycles. The third-order valence-corrected chi connectivity index (χ3v) is 17.6. The van der Waals surface area contributed by atoms with Gasteiger partial charge in [0.15, 0.2) is 5.69 Å². The van der Waals surface area contributed by atoms with Crippen LogP contribution in [0.5, 0.6) is 0 Å². The van der Waals surface area contributed by atoms with Gasteiger partial charge in [0.25, 0.3) is 0 Å². The number of aliphatic imine (C=N–C) groups is 2. The van der Waals surface area contributed by atoms with Gasteiger partial charge in [0.2, 0.25) is 0 Å². The normalized spacial score (nSPS) is 22.4. The number of nitriles is 1. The summed E-state index contributed by atoms with van der Waals surface area (Å²) in [4.78, 5) is 65.2. The zero-order valence-corrected chi connectivity index (χ0v) is 53.5. The molecule has 2 aliphatic carbocycles. The van der Waals surface area contributed by atoms with Gasteiger partial charge in [0.05, 0.1) is 52.7 Å². The molecule has 4 aromatic carbocycles. The van der Waals surface area contributed by atoms with Crippen LogP contribution in [0.3, 0.4) is 0 Å². The van der Waals surface area contributed by atoms with Gasteiger partial charge in [-0.25, -0.2) is 19.4 Å². The SMILES string of the molecule is CC1=N/C(=C\c2[n-]c(SCC(=O)O)c(C#N)c2-c2ccccc2)C(c2ccccc2)=C1COOC1C(C)CC(C)CC1C.[C-]#[N+]c1c(SOOC=C)[n-]c(/C=C2\N=C(C)C(C(=O)OC3C(C)CC(C)CC3C)=C2c2ccccc2)c1-c1ccccc1.[O]=[V+2]. The molecule has 88 heavy (non-hydrogen) atoms. The Kier molecular flexibility index (Phi) is 23.6. The summed E-state index contributed by atoms with van der Waals surface area (Å²) in [6.07, 6.45) is 9.05. The van der Waals surface area contributed by atoms with Gasteiger partial charge in [-0.05, 0) is 114 Å². The molecule has 15 nitrogen and oxygen atoms in total. The number of aromatic nitrogens is 2. The second kappa shape index (κ2) is 31.4. The third-order valence-electron chi connectivity index (χ3n) is 16.0. The maximum atomic E-state index is 13.9. The number of rotatable bonds is 19. The number of carbonyl (C=O) groups is 2. The Morgan fingerprint density at radius 2 is 1.17 bits per heavy atom. The average Bonchev–Trinajstić information content (AvgIpc) is 2.24. The molecule has 10 rings (SSSR count). The quantitative estimate of drug-likeness (QED) is 0.0117. The molecule has 4 unspecified atom stereocenters. The fourth-order valence-electron chi connectivity index (χ4n) is 12.6. The van der Waals surface area contributed by atoms with Gasteiger partial charge < -0.3 is 24.7 Å². The number of carboxylic acid groups (broad SMARTS) is 1. The minimum atomic E-state index is -0.971. The van der Waals surface area contributed by atoms with E-state index < -0.39 is 5.97 Å². The third kappa shape index (κ3) is 15.7. The standard InChI is InChI=1S/C35H37N3O4S.C35H35N3O4S.O.V/c1-21-15-22(2)34(23(3)16-21)42-41-19-28-24(4)37-29(33(28)26-13-9-6-10-14-26)17-30-32(25-11-7-5-8-12-25)27(18-36)35(38-30)43-20-31(39)40;1-7-40-42-43-34-32(36-6)31(26-16-12-9-13-17-26)28(38-34)20-27-30(25-14-10-8-11-15-25)29(24(5)37-27)35(39)41-33-22(3)18-21(2)19-23(33)4;;/h5-14,17,21-23,34,36H,15-16,19-20H2,1-4H3,(H,39,40);7-17,20-23,33H,1,18-19H2,2-5H3,(H,37,38,39);;/q;;;+2/p-2/b29-17-;;;. The molecule has 2 fully saturated rings. The molecule has 0 amide bonds. The summed E-state index contributed by atoms with van der Waals surface area (Å²) in [5, 5.41) is 20.2.